The number of likely N-dealkylation sites (tertiary alicyclic amines) is 1. The Kier molecular flexibility index (Phi) is 4.15. The average molecular weight is 305 g/mol. The van der Waals surface area contributed by atoms with E-state index >= 15 is 0 Å². The summed E-state index contributed by atoms with van der Waals surface area (Å²) in [7, 11) is 3.62. The van der Waals surface area contributed by atoms with Gasteiger partial charge < -0.3 is 9.15 Å². The van der Waals surface area contributed by atoms with E-state index in [0.29, 0.717) is 24.4 Å². The molecule has 7 nitrogen and oxygen atoms in total. The fraction of sp³-hybridized carbons (Fsp3) is 0.667. The third-order valence-corrected chi connectivity index (χ3v) is 4.25. The van der Waals surface area contributed by atoms with Crippen LogP contribution in [0.2, 0.25) is 0 Å². The minimum absolute atomic E-state index is 0.292. The predicted molar refractivity (Wildman–Crippen MR) is 80.6 cm³/mol. The lowest BCUT2D eigenvalue weighted by atomic mass is 10.1. The van der Waals surface area contributed by atoms with Gasteiger partial charge in [-0.3, -0.25) is 4.90 Å². The van der Waals surface area contributed by atoms with Crippen LogP contribution in [0.15, 0.2) is 4.42 Å². The molecule has 0 bridgehead atoms. The topological polar surface area (TPSA) is 69.2 Å². The Labute approximate surface area is 130 Å². The van der Waals surface area contributed by atoms with Gasteiger partial charge in [0.1, 0.15) is 0 Å². The minimum Gasteiger partial charge on any atom is -0.481 e. The van der Waals surface area contributed by atoms with Crippen LogP contribution in [0.25, 0.3) is 0 Å². The molecule has 3 rings (SSSR count). The minimum atomic E-state index is 0.292. The van der Waals surface area contributed by atoms with E-state index in [0.717, 1.165) is 37.4 Å². The Morgan fingerprint density at radius 2 is 2.09 bits per heavy atom. The molecule has 1 aliphatic rings. The molecule has 1 fully saturated rings. The van der Waals surface area contributed by atoms with Crippen LogP contribution in [0.4, 0.5) is 0 Å². The summed E-state index contributed by atoms with van der Waals surface area (Å²) in [4.78, 5) is 2.37. The number of aromatic nitrogens is 4. The van der Waals surface area contributed by atoms with Gasteiger partial charge in [-0.2, -0.15) is 5.10 Å². The number of methoxy groups -OCH3 is 1. The van der Waals surface area contributed by atoms with Gasteiger partial charge in [0.15, 0.2) is 0 Å². The lowest BCUT2D eigenvalue weighted by Gasteiger charge is -2.23. The molecule has 0 radical (unpaired) electrons. The summed E-state index contributed by atoms with van der Waals surface area (Å²) < 4.78 is 13.0. The van der Waals surface area contributed by atoms with Crippen molar-refractivity contribution in [1.82, 2.24) is 24.9 Å². The first-order valence-corrected chi connectivity index (χ1v) is 7.76. The fourth-order valence-corrected chi connectivity index (χ4v) is 3.29. The second-order valence-corrected chi connectivity index (χ2v) is 5.70. The van der Waals surface area contributed by atoms with Crippen molar-refractivity contribution in [2.75, 3.05) is 13.7 Å². The van der Waals surface area contributed by atoms with Gasteiger partial charge in [-0.15, -0.1) is 10.2 Å². The molecule has 1 atom stereocenters. The van der Waals surface area contributed by atoms with Gasteiger partial charge in [-0.1, -0.05) is 6.92 Å². The zero-order valence-corrected chi connectivity index (χ0v) is 13.7. The van der Waals surface area contributed by atoms with E-state index in [1.807, 2.05) is 25.6 Å². The Morgan fingerprint density at radius 1 is 1.32 bits per heavy atom. The highest BCUT2D eigenvalue weighted by Gasteiger charge is 2.33. The van der Waals surface area contributed by atoms with Crippen molar-refractivity contribution in [2.45, 2.75) is 45.7 Å². The molecule has 0 N–H and O–H groups in total. The van der Waals surface area contributed by atoms with Gasteiger partial charge in [-0.25, -0.2) is 4.68 Å². The van der Waals surface area contributed by atoms with E-state index in [2.05, 4.69) is 20.2 Å². The van der Waals surface area contributed by atoms with Crippen LogP contribution in [-0.4, -0.2) is 38.5 Å². The summed E-state index contributed by atoms with van der Waals surface area (Å²) in [5, 5.41) is 12.7. The smallest absolute Gasteiger partial charge is 0.230 e. The second-order valence-electron chi connectivity index (χ2n) is 5.70. The SMILES string of the molecule is CCc1nnc(CN2CCC[C@@H]2c2c(C)nn(C)c2OC)o1. The Balaban J connectivity index is 1.84. The summed E-state index contributed by atoms with van der Waals surface area (Å²) in [6.45, 7) is 5.75. The average Bonchev–Trinajstić information content (AvgIpc) is 3.19. The molecule has 0 aromatic carbocycles. The molecule has 1 aliphatic heterocycles. The van der Waals surface area contributed by atoms with Crippen molar-refractivity contribution < 1.29 is 9.15 Å². The molecule has 0 spiro atoms. The molecule has 7 heteroatoms. The highest BCUT2D eigenvalue weighted by Crippen LogP contribution is 2.39. The second kappa shape index (κ2) is 6.08. The first kappa shape index (κ1) is 15.0. The van der Waals surface area contributed by atoms with Crippen molar-refractivity contribution in [2.24, 2.45) is 7.05 Å². The van der Waals surface area contributed by atoms with Gasteiger partial charge >= 0.3 is 0 Å². The largest absolute Gasteiger partial charge is 0.481 e. The van der Waals surface area contributed by atoms with Crippen LogP contribution < -0.4 is 4.74 Å². The van der Waals surface area contributed by atoms with Crippen LogP contribution in [-0.2, 0) is 20.0 Å². The molecule has 2 aromatic rings. The number of hydrogen-bond donors (Lipinski definition) is 0. The Bertz CT molecular complexity index is 648. The maximum absolute atomic E-state index is 5.65. The van der Waals surface area contributed by atoms with Gasteiger partial charge in [0.25, 0.3) is 0 Å². The molecule has 0 aliphatic carbocycles. The normalized spacial score (nSPS) is 19.0. The third-order valence-electron chi connectivity index (χ3n) is 4.25. The van der Waals surface area contributed by atoms with Crippen molar-refractivity contribution >= 4 is 0 Å². The summed E-state index contributed by atoms with van der Waals surface area (Å²) in [5.74, 6) is 2.22. The van der Waals surface area contributed by atoms with Crippen LogP contribution >= 0.6 is 0 Å². The zero-order chi connectivity index (χ0) is 15.7. The first-order chi connectivity index (χ1) is 10.6. The lowest BCUT2D eigenvalue weighted by molar-refractivity contribution is 0.216. The lowest BCUT2D eigenvalue weighted by Crippen LogP contribution is -2.23. The fourth-order valence-electron chi connectivity index (χ4n) is 3.29. The maximum atomic E-state index is 5.65. The quantitative estimate of drug-likeness (QED) is 0.842. The Morgan fingerprint density at radius 3 is 2.77 bits per heavy atom. The van der Waals surface area contributed by atoms with E-state index in [4.69, 9.17) is 9.15 Å². The van der Waals surface area contributed by atoms with E-state index in [1.54, 1.807) is 7.11 Å². The van der Waals surface area contributed by atoms with Crippen LogP contribution in [0, 0.1) is 6.92 Å². The standard InChI is InChI=1S/C15H23N5O2/c1-5-12-16-17-13(22-12)9-20-8-6-7-11(20)14-10(2)18-19(3)15(14)21-4/h11H,5-9H2,1-4H3/t11-/m1/s1. The van der Waals surface area contributed by atoms with Crippen LogP contribution in [0.1, 0.15) is 48.8 Å². The molecule has 22 heavy (non-hydrogen) atoms. The van der Waals surface area contributed by atoms with Gasteiger partial charge in [-0.05, 0) is 26.3 Å². The van der Waals surface area contributed by atoms with Crippen LogP contribution in [0.5, 0.6) is 5.88 Å². The number of ether oxygens (including phenoxy) is 1. The number of hydrogen-bond acceptors (Lipinski definition) is 6. The number of aryl methyl sites for hydroxylation is 3. The number of nitrogens with zero attached hydrogens (tertiary/aromatic N) is 5. The van der Waals surface area contributed by atoms with Crippen molar-refractivity contribution in [3.63, 3.8) is 0 Å². The van der Waals surface area contributed by atoms with Gasteiger partial charge in [0.2, 0.25) is 17.7 Å². The predicted octanol–water partition coefficient (Wildman–Crippen LogP) is 2.02. The molecule has 0 saturated carbocycles. The molecule has 1 saturated heterocycles. The van der Waals surface area contributed by atoms with Crippen molar-refractivity contribution in [3.05, 3.63) is 23.0 Å². The van der Waals surface area contributed by atoms with Crippen LogP contribution in [0.3, 0.4) is 0 Å². The van der Waals surface area contributed by atoms with E-state index in [9.17, 15) is 0 Å². The molecular weight excluding hydrogens is 282 g/mol. The van der Waals surface area contributed by atoms with Crippen molar-refractivity contribution in [3.8, 4) is 5.88 Å². The van der Waals surface area contributed by atoms with Gasteiger partial charge in [0.05, 0.1) is 24.9 Å². The monoisotopic (exact) mass is 305 g/mol. The molecule has 3 heterocycles. The van der Waals surface area contributed by atoms with E-state index in [1.165, 1.54) is 5.56 Å². The summed E-state index contributed by atoms with van der Waals surface area (Å²) >= 11 is 0. The highest BCUT2D eigenvalue weighted by molar-refractivity contribution is 5.35. The molecule has 120 valence electrons. The molecule has 0 amide bonds. The first-order valence-electron chi connectivity index (χ1n) is 7.76. The van der Waals surface area contributed by atoms with E-state index < -0.39 is 0 Å². The Hall–Kier alpha value is -1.89. The highest BCUT2D eigenvalue weighted by atomic mass is 16.5. The summed E-state index contributed by atoms with van der Waals surface area (Å²) in [5.41, 5.74) is 2.20. The summed E-state index contributed by atoms with van der Waals surface area (Å²) in [6.07, 6.45) is 3.01. The zero-order valence-electron chi connectivity index (χ0n) is 13.7. The summed E-state index contributed by atoms with van der Waals surface area (Å²) in [6, 6.07) is 0.292. The third kappa shape index (κ3) is 2.61. The van der Waals surface area contributed by atoms with Crippen molar-refractivity contribution in [1.29, 1.82) is 0 Å². The molecule has 2 aromatic heterocycles. The molecular formula is C15H23N5O2. The molecule has 0 unspecified atom stereocenters. The maximum Gasteiger partial charge on any atom is 0.230 e. The number of rotatable bonds is 5. The van der Waals surface area contributed by atoms with E-state index in [-0.39, 0.29) is 0 Å². The van der Waals surface area contributed by atoms with Gasteiger partial charge in [0, 0.05) is 19.5 Å².